The van der Waals surface area contributed by atoms with Gasteiger partial charge in [0.05, 0.1) is 18.8 Å². The van der Waals surface area contributed by atoms with E-state index in [4.69, 9.17) is 9.47 Å². The van der Waals surface area contributed by atoms with Gasteiger partial charge in [-0.05, 0) is 25.5 Å². The molecule has 128 valence electrons. The number of methoxy groups -OCH3 is 1. The maximum absolute atomic E-state index is 12.6. The van der Waals surface area contributed by atoms with Crippen molar-refractivity contribution in [3.63, 3.8) is 0 Å². The second-order valence-electron chi connectivity index (χ2n) is 5.98. The first-order chi connectivity index (χ1) is 12.1. The van der Waals surface area contributed by atoms with Crippen LogP contribution in [0.5, 0.6) is 11.5 Å². The summed E-state index contributed by atoms with van der Waals surface area (Å²) in [5.41, 5.74) is 1.71. The Bertz CT molecular complexity index is 827. The Balaban J connectivity index is 2.08. The topological polar surface area (TPSA) is 52.6 Å². The van der Waals surface area contributed by atoms with Gasteiger partial charge in [-0.2, -0.15) is 0 Å². The minimum atomic E-state index is -0.252. The van der Waals surface area contributed by atoms with Crippen molar-refractivity contribution in [3.8, 4) is 11.5 Å². The van der Waals surface area contributed by atoms with Crippen LogP contribution >= 0.6 is 0 Å². The minimum absolute atomic E-state index is 0.0133. The lowest BCUT2D eigenvalue weighted by Crippen LogP contribution is -2.11. The van der Waals surface area contributed by atoms with Crippen molar-refractivity contribution in [2.24, 2.45) is 0 Å². The van der Waals surface area contributed by atoms with Crippen molar-refractivity contribution in [1.82, 2.24) is 0 Å². The Kier molecular flexibility index (Phi) is 4.70. The second-order valence-corrected chi connectivity index (χ2v) is 5.98. The molecule has 0 N–H and O–H groups in total. The number of hydrogen-bond donors (Lipinski definition) is 0. The predicted molar refractivity (Wildman–Crippen MR) is 96.5 cm³/mol. The maximum atomic E-state index is 12.6. The van der Waals surface area contributed by atoms with Crippen molar-refractivity contribution < 1.29 is 19.1 Å². The monoisotopic (exact) mass is 336 g/mol. The van der Waals surface area contributed by atoms with Crippen LogP contribution in [0, 0.1) is 0 Å². The van der Waals surface area contributed by atoms with Crippen LogP contribution in [-0.2, 0) is 0 Å². The SMILES string of the molecule is CCC(C)Oc1c(C=C2C(=O)c3ccccc3C2=O)cccc1OC. The number of benzene rings is 2. The fraction of sp³-hybridized carbons (Fsp3) is 0.238. The van der Waals surface area contributed by atoms with Crippen molar-refractivity contribution in [2.75, 3.05) is 7.11 Å². The summed E-state index contributed by atoms with van der Waals surface area (Å²) in [6.45, 7) is 3.99. The van der Waals surface area contributed by atoms with Crippen LogP contribution in [-0.4, -0.2) is 24.8 Å². The quantitative estimate of drug-likeness (QED) is 0.602. The lowest BCUT2D eigenvalue weighted by molar-refractivity contribution is 0.0990. The molecule has 4 nitrogen and oxygen atoms in total. The zero-order valence-electron chi connectivity index (χ0n) is 14.5. The Morgan fingerprint density at radius 2 is 1.64 bits per heavy atom. The molecule has 0 amide bonds. The number of para-hydroxylation sites is 1. The summed E-state index contributed by atoms with van der Waals surface area (Å²) in [5, 5.41) is 0. The van der Waals surface area contributed by atoms with Gasteiger partial charge in [-0.3, -0.25) is 9.59 Å². The highest BCUT2D eigenvalue weighted by atomic mass is 16.5. The fourth-order valence-electron chi connectivity index (χ4n) is 2.78. The Morgan fingerprint density at radius 1 is 1.00 bits per heavy atom. The van der Waals surface area contributed by atoms with E-state index in [2.05, 4.69) is 0 Å². The molecule has 0 saturated heterocycles. The number of carbonyl (C=O) groups is 2. The third-order valence-electron chi connectivity index (χ3n) is 4.33. The van der Waals surface area contributed by atoms with Gasteiger partial charge in [0, 0.05) is 16.7 Å². The van der Waals surface area contributed by atoms with Crippen LogP contribution in [0.4, 0.5) is 0 Å². The van der Waals surface area contributed by atoms with Crippen LogP contribution in [0.3, 0.4) is 0 Å². The highest BCUT2D eigenvalue weighted by molar-refractivity contribution is 6.41. The molecule has 3 rings (SSSR count). The molecule has 1 aliphatic carbocycles. The van der Waals surface area contributed by atoms with Gasteiger partial charge in [-0.15, -0.1) is 0 Å². The van der Waals surface area contributed by atoms with Gasteiger partial charge < -0.3 is 9.47 Å². The molecule has 2 aromatic rings. The Labute approximate surface area is 147 Å². The zero-order valence-corrected chi connectivity index (χ0v) is 14.5. The summed E-state index contributed by atoms with van der Waals surface area (Å²) in [5.74, 6) is 0.615. The number of allylic oxidation sites excluding steroid dienone is 1. The molecular weight excluding hydrogens is 316 g/mol. The maximum Gasteiger partial charge on any atom is 0.197 e. The van der Waals surface area contributed by atoms with Gasteiger partial charge >= 0.3 is 0 Å². The smallest absolute Gasteiger partial charge is 0.197 e. The molecule has 0 aliphatic heterocycles. The zero-order chi connectivity index (χ0) is 18.0. The average Bonchev–Trinajstić information content (AvgIpc) is 2.88. The summed E-state index contributed by atoms with van der Waals surface area (Å²) in [4.78, 5) is 25.2. The Morgan fingerprint density at radius 3 is 2.20 bits per heavy atom. The molecule has 1 atom stereocenters. The third-order valence-corrected chi connectivity index (χ3v) is 4.33. The second kappa shape index (κ2) is 6.93. The van der Waals surface area contributed by atoms with Crippen LogP contribution in [0.1, 0.15) is 46.5 Å². The summed E-state index contributed by atoms with van der Waals surface area (Å²) in [7, 11) is 1.57. The molecule has 0 saturated carbocycles. The van der Waals surface area contributed by atoms with E-state index in [0.29, 0.717) is 28.2 Å². The van der Waals surface area contributed by atoms with Crippen molar-refractivity contribution in [1.29, 1.82) is 0 Å². The lowest BCUT2D eigenvalue weighted by atomic mass is 10.1. The molecule has 4 heteroatoms. The van der Waals surface area contributed by atoms with E-state index in [-0.39, 0.29) is 23.2 Å². The molecule has 1 aliphatic rings. The normalized spacial score (nSPS) is 14.3. The highest BCUT2D eigenvalue weighted by Gasteiger charge is 2.32. The highest BCUT2D eigenvalue weighted by Crippen LogP contribution is 2.36. The molecule has 1 unspecified atom stereocenters. The van der Waals surface area contributed by atoms with Gasteiger partial charge in [0.25, 0.3) is 0 Å². The van der Waals surface area contributed by atoms with Gasteiger partial charge in [-0.25, -0.2) is 0 Å². The number of ether oxygens (including phenoxy) is 2. The molecule has 0 radical (unpaired) electrons. The Hall–Kier alpha value is -2.88. The largest absolute Gasteiger partial charge is 0.493 e. The van der Waals surface area contributed by atoms with E-state index in [0.717, 1.165) is 6.42 Å². The predicted octanol–water partition coefficient (Wildman–Crippen LogP) is 4.34. The third kappa shape index (κ3) is 3.07. The molecule has 0 fully saturated rings. The van der Waals surface area contributed by atoms with E-state index in [1.807, 2.05) is 26.0 Å². The van der Waals surface area contributed by atoms with Crippen LogP contribution in [0.2, 0.25) is 0 Å². The van der Waals surface area contributed by atoms with Crippen LogP contribution < -0.4 is 9.47 Å². The fourth-order valence-corrected chi connectivity index (χ4v) is 2.78. The van der Waals surface area contributed by atoms with E-state index in [1.165, 1.54) is 0 Å². The molecular formula is C21H20O4. The van der Waals surface area contributed by atoms with E-state index in [9.17, 15) is 9.59 Å². The molecule has 2 aromatic carbocycles. The standard InChI is InChI=1S/C21H20O4/c1-4-13(2)25-21-14(8-7-11-18(21)24-3)12-17-19(22)15-9-5-6-10-16(15)20(17)23/h5-13H,4H2,1-3H3. The minimum Gasteiger partial charge on any atom is -0.493 e. The van der Waals surface area contributed by atoms with Crippen molar-refractivity contribution in [2.45, 2.75) is 26.4 Å². The molecule has 0 spiro atoms. The van der Waals surface area contributed by atoms with E-state index in [1.54, 1.807) is 43.5 Å². The average molecular weight is 336 g/mol. The van der Waals surface area contributed by atoms with E-state index < -0.39 is 0 Å². The number of hydrogen-bond acceptors (Lipinski definition) is 4. The first-order valence-electron chi connectivity index (χ1n) is 8.30. The van der Waals surface area contributed by atoms with Gasteiger partial charge in [-0.1, -0.05) is 43.3 Å². The molecule has 0 bridgehead atoms. The molecule has 0 aromatic heterocycles. The lowest BCUT2D eigenvalue weighted by Gasteiger charge is -2.17. The van der Waals surface area contributed by atoms with Gasteiger partial charge in [0.2, 0.25) is 0 Å². The van der Waals surface area contributed by atoms with Gasteiger partial charge in [0.1, 0.15) is 0 Å². The number of fused-ring (bicyclic) bond motifs is 1. The summed E-state index contributed by atoms with van der Waals surface area (Å²) in [6.07, 6.45) is 2.42. The number of rotatable bonds is 5. The van der Waals surface area contributed by atoms with E-state index >= 15 is 0 Å². The molecule has 25 heavy (non-hydrogen) atoms. The summed E-state index contributed by atoms with van der Waals surface area (Å²) in [6, 6.07) is 12.3. The van der Waals surface area contributed by atoms with Crippen molar-refractivity contribution in [3.05, 3.63) is 64.7 Å². The first kappa shape index (κ1) is 17.0. The van der Waals surface area contributed by atoms with Crippen LogP contribution in [0.15, 0.2) is 48.0 Å². The van der Waals surface area contributed by atoms with Crippen LogP contribution in [0.25, 0.3) is 6.08 Å². The summed E-state index contributed by atoms with van der Waals surface area (Å²) < 4.78 is 11.4. The first-order valence-corrected chi connectivity index (χ1v) is 8.30. The van der Waals surface area contributed by atoms with Gasteiger partial charge in [0.15, 0.2) is 23.1 Å². The van der Waals surface area contributed by atoms with Crippen molar-refractivity contribution >= 4 is 17.6 Å². The summed E-state index contributed by atoms with van der Waals surface area (Å²) >= 11 is 0. The number of carbonyl (C=O) groups excluding carboxylic acids is 2. The number of ketones is 2. The molecule has 0 heterocycles. The number of Topliss-reactive ketones (excluding diaryl/α,β-unsaturated/α-hetero) is 2.